The standard InChI is InChI=1S/C19H20N4O4S/c1-13-17(28(25,26)22-14-7-3-2-4-8-14)11-16(27-13)18-15(12-20-21-18)19(24)23-9-5-6-10-23/h2-4,7-8,11-12,22H,5-6,9-10H2,1H3,(H,20,21). The number of anilines is 1. The number of nitrogens with one attached hydrogen (secondary N) is 2. The largest absolute Gasteiger partial charge is 0.458 e. The van der Waals surface area contributed by atoms with Crippen molar-refractivity contribution in [2.75, 3.05) is 17.8 Å². The van der Waals surface area contributed by atoms with E-state index in [-0.39, 0.29) is 22.3 Å². The Morgan fingerprint density at radius 1 is 1.21 bits per heavy atom. The summed E-state index contributed by atoms with van der Waals surface area (Å²) in [6.45, 7) is 2.99. The van der Waals surface area contributed by atoms with Gasteiger partial charge in [-0.15, -0.1) is 0 Å². The number of H-pyrrole nitrogens is 1. The van der Waals surface area contributed by atoms with E-state index in [1.54, 1.807) is 42.2 Å². The number of aryl methyl sites for hydroxylation is 1. The number of hydrogen-bond donors (Lipinski definition) is 2. The summed E-state index contributed by atoms with van der Waals surface area (Å²) in [5.41, 5.74) is 1.20. The molecule has 3 aromatic rings. The molecule has 1 aromatic carbocycles. The molecule has 0 atom stereocenters. The Morgan fingerprint density at radius 2 is 1.93 bits per heavy atom. The molecule has 0 aliphatic carbocycles. The highest BCUT2D eigenvalue weighted by atomic mass is 32.2. The smallest absolute Gasteiger partial charge is 0.265 e. The van der Waals surface area contributed by atoms with Gasteiger partial charge in [0.2, 0.25) is 0 Å². The van der Waals surface area contributed by atoms with Crippen LogP contribution in [-0.2, 0) is 10.0 Å². The lowest BCUT2D eigenvalue weighted by Crippen LogP contribution is -2.27. The van der Waals surface area contributed by atoms with Crippen LogP contribution in [-0.4, -0.2) is 42.5 Å². The zero-order valence-electron chi connectivity index (χ0n) is 15.3. The predicted octanol–water partition coefficient (Wildman–Crippen LogP) is 3.01. The van der Waals surface area contributed by atoms with E-state index in [1.165, 1.54) is 12.3 Å². The number of para-hydroxylation sites is 1. The number of hydrogen-bond acceptors (Lipinski definition) is 5. The maximum atomic E-state index is 12.8. The van der Waals surface area contributed by atoms with Crippen molar-refractivity contribution < 1.29 is 17.6 Å². The minimum absolute atomic E-state index is 0.0144. The number of benzene rings is 1. The van der Waals surface area contributed by atoms with Gasteiger partial charge < -0.3 is 9.32 Å². The van der Waals surface area contributed by atoms with Crippen LogP contribution in [0.5, 0.6) is 0 Å². The van der Waals surface area contributed by atoms with Gasteiger partial charge in [0.25, 0.3) is 15.9 Å². The van der Waals surface area contributed by atoms with Crippen molar-refractivity contribution in [2.24, 2.45) is 0 Å². The summed E-state index contributed by atoms with van der Waals surface area (Å²) in [7, 11) is -3.84. The van der Waals surface area contributed by atoms with E-state index in [0.29, 0.717) is 30.0 Å². The number of carbonyl (C=O) groups is 1. The lowest BCUT2D eigenvalue weighted by molar-refractivity contribution is 0.0793. The van der Waals surface area contributed by atoms with E-state index in [9.17, 15) is 13.2 Å². The van der Waals surface area contributed by atoms with Gasteiger partial charge in [0.15, 0.2) is 5.76 Å². The van der Waals surface area contributed by atoms with E-state index >= 15 is 0 Å². The van der Waals surface area contributed by atoms with Gasteiger partial charge >= 0.3 is 0 Å². The summed E-state index contributed by atoms with van der Waals surface area (Å²) in [4.78, 5) is 14.5. The Morgan fingerprint density at radius 3 is 2.64 bits per heavy atom. The van der Waals surface area contributed by atoms with Gasteiger partial charge in [-0.1, -0.05) is 18.2 Å². The minimum Gasteiger partial charge on any atom is -0.458 e. The molecular weight excluding hydrogens is 380 g/mol. The van der Waals surface area contributed by atoms with Gasteiger partial charge in [-0.2, -0.15) is 5.10 Å². The average molecular weight is 400 g/mol. The van der Waals surface area contributed by atoms with Crippen LogP contribution in [0.3, 0.4) is 0 Å². The third kappa shape index (κ3) is 3.40. The number of likely N-dealkylation sites (tertiary alicyclic amines) is 1. The molecule has 0 spiro atoms. The Bertz CT molecular complexity index is 1100. The number of carbonyl (C=O) groups excluding carboxylic acids is 1. The number of rotatable bonds is 5. The fourth-order valence-electron chi connectivity index (χ4n) is 3.30. The van der Waals surface area contributed by atoms with Gasteiger partial charge in [-0.25, -0.2) is 8.42 Å². The first-order valence-corrected chi connectivity index (χ1v) is 10.5. The highest BCUT2D eigenvalue weighted by molar-refractivity contribution is 7.92. The SMILES string of the molecule is Cc1oc(-c2[nH]ncc2C(=O)N2CCCC2)cc1S(=O)(=O)Nc1ccccc1. The monoisotopic (exact) mass is 400 g/mol. The third-order valence-electron chi connectivity index (χ3n) is 4.70. The summed E-state index contributed by atoms with van der Waals surface area (Å²) in [6, 6.07) is 10.0. The molecule has 1 aliphatic heterocycles. The van der Waals surface area contributed by atoms with Crippen LogP contribution in [0.2, 0.25) is 0 Å². The van der Waals surface area contributed by atoms with E-state index in [4.69, 9.17) is 4.42 Å². The zero-order valence-corrected chi connectivity index (χ0v) is 16.1. The van der Waals surface area contributed by atoms with Crippen LogP contribution >= 0.6 is 0 Å². The molecule has 2 N–H and O–H groups in total. The molecule has 146 valence electrons. The topological polar surface area (TPSA) is 108 Å². The van der Waals surface area contributed by atoms with Crippen molar-refractivity contribution in [1.82, 2.24) is 15.1 Å². The Balaban J connectivity index is 1.65. The van der Waals surface area contributed by atoms with Crippen LogP contribution in [0.4, 0.5) is 5.69 Å². The number of aromatic nitrogens is 2. The number of sulfonamides is 1. The van der Waals surface area contributed by atoms with Gasteiger partial charge in [0.05, 0.1) is 11.8 Å². The summed E-state index contributed by atoms with van der Waals surface area (Å²) >= 11 is 0. The van der Waals surface area contributed by atoms with E-state index < -0.39 is 10.0 Å². The molecular formula is C19H20N4O4S. The molecule has 8 nitrogen and oxygen atoms in total. The minimum atomic E-state index is -3.84. The molecule has 0 saturated carbocycles. The Hall–Kier alpha value is -3.07. The number of amides is 1. The lowest BCUT2D eigenvalue weighted by atomic mass is 10.2. The van der Waals surface area contributed by atoms with Crippen LogP contribution < -0.4 is 4.72 Å². The first kappa shape index (κ1) is 18.3. The third-order valence-corrected chi connectivity index (χ3v) is 6.19. The summed E-state index contributed by atoms with van der Waals surface area (Å²) in [6.07, 6.45) is 3.41. The molecule has 2 aromatic heterocycles. The van der Waals surface area contributed by atoms with Gasteiger partial charge in [0.1, 0.15) is 16.3 Å². The molecule has 3 heterocycles. The molecule has 0 radical (unpaired) electrons. The molecule has 9 heteroatoms. The average Bonchev–Trinajstić information content (AvgIpc) is 3.42. The fraction of sp³-hybridized carbons (Fsp3) is 0.263. The molecule has 1 amide bonds. The highest BCUT2D eigenvalue weighted by Crippen LogP contribution is 2.31. The van der Waals surface area contributed by atoms with Gasteiger partial charge in [-0.3, -0.25) is 14.6 Å². The lowest BCUT2D eigenvalue weighted by Gasteiger charge is -2.14. The molecule has 1 fully saturated rings. The molecule has 1 aliphatic rings. The highest BCUT2D eigenvalue weighted by Gasteiger charge is 2.28. The molecule has 0 unspecified atom stereocenters. The fourth-order valence-corrected chi connectivity index (χ4v) is 4.54. The van der Waals surface area contributed by atoms with Crippen LogP contribution in [0, 0.1) is 6.92 Å². The number of furan rings is 1. The molecule has 28 heavy (non-hydrogen) atoms. The normalized spacial score (nSPS) is 14.4. The second-order valence-corrected chi connectivity index (χ2v) is 8.31. The molecule has 0 bridgehead atoms. The number of nitrogens with zero attached hydrogens (tertiary/aromatic N) is 2. The van der Waals surface area contributed by atoms with Crippen molar-refractivity contribution >= 4 is 21.6 Å². The number of aromatic amines is 1. The van der Waals surface area contributed by atoms with Crippen molar-refractivity contribution in [3.63, 3.8) is 0 Å². The first-order chi connectivity index (χ1) is 13.5. The van der Waals surface area contributed by atoms with Crippen LogP contribution in [0.15, 0.2) is 51.9 Å². The molecule has 4 rings (SSSR count). The van der Waals surface area contributed by atoms with E-state index in [0.717, 1.165) is 12.8 Å². The summed E-state index contributed by atoms with van der Waals surface area (Å²) in [5.74, 6) is 0.348. The maximum Gasteiger partial charge on any atom is 0.265 e. The second-order valence-electron chi connectivity index (χ2n) is 6.66. The van der Waals surface area contributed by atoms with Crippen molar-refractivity contribution in [3.8, 4) is 11.5 Å². The summed E-state index contributed by atoms with van der Waals surface area (Å²) < 4.78 is 33.7. The predicted molar refractivity (Wildman–Crippen MR) is 103 cm³/mol. The summed E-state index contributed by atoms with van der Waals surface area (Å²) in [5, 5.41) is 6.72. The van der Waals surface area contributed by atoms with Crippen LogP contribution in [0.25, 0.3) is 11.5 Å². The molecule has 1 saturated heterocycles. The van der Waals surface area contributed by atoms with Crippen LogP contribution in [0.1, 0.15) is 29.0 Å². The van der Waals surface area contributed by atoms with Crippen molar-refractivity contribution in [3.05, 3.63) is 53.9 Å². The Labute approximate surface area is 162 Å². The quantitative estimate of drug-likeness (QED) is 0.684. The Kier molecular flexibility index (Phi) is 4.68. The van der Waals surface area contributed by atoms with Crippen molar-refractivity contribution in [2.45, 2.75) is 24.7 Å². The zero-order chi connectivity index (χ0) is 19.7. The van der Waals surface area contributed by atoms with Gasteiger partial charge in [0, 0.05) is 24.8 Å². The van der Waals surface area contributed by atoms with E-state index in [1.807, 2.05) is 0 Å². The maximum absolute atomic E-state index is 12.8. The van der Waals surface area contributed by atoms with Gasteiger partial charge in [-0.05, 0) is 31.9 Å². The van der Waals surface area contributed by atoms with Crippen molar-refractivity contribution in [1.29, 1.82) is 0 Å². The first-order valence-electron chi connectivity index (χ1n) is 8.97. The second kappa shape index (κ2) is 7.16. The van der Waals surface area contributed by atoms with E-state index in [2.05, 4.69) is 14.9 Å².